The van der Waals surface area contributed by atoms with E-state index in [0.29, 0.717) is 4.99 Å². The van der Waals surface area contributed by atoms with E-state index in [9.17, 15) is 0 Å². The molecule has 0 saturated carbocycles. The molecule has 0 amide bonds. The molecule has 0 bridgehead atoms. The van der Waals surface area contributed by atoms with Crippen molar-refractivity contribution in [3.05, 3.63) is 0 Å². The fraction of sp³-hybridized carbons (Fsp3) is 0.889. The Balaban J connectivity index is 0.00000144. The molecule has 1 aliphatic rings. The second-order valence-corrected chi connectivity index (χ2v) is 4.00. The first-order chi connectivity index (χ1) is 5.79. The molecule has 0 atom stereocenters. The first-order valence-corrected chi connectivity index (χ1v) is 5.20. The van der Waals surface area contributed by atoms with Gasteiger partial charge in [0.15, 0.2) is 0 Å². The average Bonchev–Trinajstić information content (AvgIpc) is 2.05. The van der Waals surface area contributed by atoms with E-state index >= 15 is 0 Å². The molecule has 4 heteroatoms. The summed E-state index contributed by atoms with van der Waals surface area (Å²) in [6, 6.07) is 0. The maximum absolute atomic E-state index is 5.42. The smallest absolute Gasteiger partial charge is 0.0727 e. The Morgan fingerprint density at radius 3 is 2.38 bits per heavy atom. The molecular weight excluding hydrogens is 204 g/mol. The lowest BCUT2D eigenvalue weighted by atomic mass is 10.1. The van der Waals surface area contributed by atoms with E-state index in [-0.39, 0.29) is 12.4 Å². The first-order valence-electron chi connectivity index (χ1n) is 4.80. The minimum Gasteiger partial charge on any atom is -0.393 e. The molecule has 2 N–H and O–H groups in total. The maximum atomic E-state index is 5.42. The minimum atomic E-state index is 0. The van der Waals surface area contributed by atoms with Crippen LogP contribution in [0.2, 0.25) is 0 Å². The lowest BCUT2D eigenvalue weighted by molar-refractivity contribution is 0.227. The van der Waals surface area contributed by atoms with Crippen LogP contribution in [-0.2, 0) is 0 Å². The van der Waals surface area contributed by atoms with E-state index in [1.807, 2.05) is 0 Å². The highest BCUT2D eigenvalue weighted by molar-refractivity contribution is 7.80. The summed E-state index contributed by atoms with van der Waals surface area (Å²) in [6.07, 6.45) is 6.19. The van der Waals surface area contributed by atoms with Crippen molar-refractivity contribution in [2.45, 2.75) is 32.1 Å². The number of nitrogens with zero attached hydrogens (tertiary/aromatic N) is 1. The second-order valence-electron chi connectivity index (χ2n) is 3.47. The zero-order valence-corrected chi connectivity index (χ0v) is 9.63. The lowest BCUT2D eigenvalue weighted by Crippen LogP contribution is -2.31. The predicted octanol–water partition coefficient (Wildman–Crippen LogP) is 1.96. The van der Waals surface area contributed by atoms with Crippen molar-refractivity contribution in [2.75, 3.05) is 19.6 Å². The van der Waals surface area contributed by atoms with Gasteiger partial charge >= 0.3 is 0 Å². The van der Waals surface area contributed by atoms with Crippen LogP contribution in [0.5, 0.6) is 0 Å². The highest BCUT2D eigenvalue weighted by Gasteiger charge is 2.08. The maximum Gasteiger partial charge on any atom is 0.0727 e. The van der Waals surface area contributed by atoms with Crippen molar-refractivity contribution in [1.29, 1.82) is 0 Å². The molecule has 0 unspecified atom stereocenters. The summed E-state index contributed by atoms with van der Waals surface area (Å²) in [6.45, 7) is 3.73. The molecule has 0 radical (unpaired) electrons. The van der Waals surface area contributed by atoms with Crippen LogP contribution in [0.15, 0.2) is 0 Å². The topological polar surface area (TPSA) is 29.3 Å². The zero-order valence-electron chi connectivity index (χ0n) is 8.00. The molecule has 0 aliphatic carbocycles. The molecular formula is C9H19ClN2S. The molecule has 1 aliphatic heterocycles. The van der Waals surface area contributed by atoms with Crippen molar-refractivity contribution in [3.63, 3.8) is 0 Å². The van der Waals surface area contributed by atoms with Gasteiger partial charge in [-0.25, -0.2) is 0 Å². The van der Waals surface area contributed by atoms with Gasteiger partial charge in [-0.1, -0.05) is 18.6 Å². The van der Waals surface area contributed by atoms with Gasteiger partial charge in [0.05, 0.1) is 4.99 Å². The van der Waals surface area contributed by atoms with Crippen molar-refractivity contribution in [3.8, 4) is 0 Å². The molecule has 1 rings (SSSR count). The average molecular weight is 223 g/mol. The number of likely N-dealkylation sites (tertiary alicyclic amines) is 1. The summed E-state index contributed by atoms with van der Waals surface area (Å²) in [5.74, 6) is 0. The van der Waals surface area contributed by atoms with Gasteiger partial charge in [0, 0.05) is 0 Å². The van der Waals surface area contributed by atoms with Crippen LogP contribution in [0.1, 0.15) is 32.1 Å². The Hall–Kier alpha value is 0.140. The fourth-order valence-corrected chi connectivity index (χ4v) is 1.80. The molecule has 1 fully saturated rings. The fourth-order valence-electron chi connectivity index (χ4n) is 1.66. The van der Waals surface area contributed by atoms with Crippen molar-refractivity contribution >= 4 is 29.6 Å². The van der Waals surface area contributed by atoms with Crippen LogP contribution in [0.25, 0.3) is 0 Å². The molecule has 78 valence electrons. The van der Waals surface area contributed by atoms with E-state index in [2.05, 4.69) is 4.90 Å². The molecule has 0 aromatic carbocycles. The number of nitrogens with two attached hydrogens (primary N) is 1. The third-order valence-electron chi connectivity index (χ3n) is 2.35. The van der Waals surface area contributed by atoms with E-state index in [1.54, 1.807) is 0 Å². The van der Waals surface area contributed by atoms with Crippen molar-refractivity contribution in [1.82, 2.24) is 4.90 Å². The van der Waals surface area contributed by atoms with Crippen molar-refractivity contribution in [2.24, 2.45) is 5.73 Å². The van der Waals surface area contributed by atoms with Gasteiger partial charge in [0.2, 0.25) is 0 Å². The van der Waals surface area contributed by atoms with Crippen LogP contribution < -0.4 is 5.73 Å². The molecule has 0 aromatic rings. The van der Waals surface area contributed by atoms with Crippen LogP contribution in [0, 0.1) is 0 Å². The van der Waals surface area contributed by atoms with Crippen molar-refractivity contribution < 1.29 is 0 Å². The highest BCUT2D eigenvalue weighted by atomic mass is 35.5. The molecule has 0 spiro atoms. The molecule has 1 heterocycles. The molecule has 0 aromatic heterocycles. The van der Waals surface area contributed by atoms with Gasteiger partial charge in [-0.05, 0) is 45.3 Å². The number of piperidine rings is 1. The van der Waals surface area contributed by atoms with Crippen LogP contribution in [-0.4, -0.2) is 29.5 Å². The van der Waals surface area contributed by atoms with E-state index in [0.717, 1.165) is 12.8 Å². The first kappa shape index (κ1) is 13.1. The number of halogens is 1. The summed E-state index contributed by atoms with van der Waals surface area (Å²) in [4.78, 5) is 3.17. The van der Waals surface area contributed by atoms with Gasteiger partial charge in [0.25, 0.3) is 0 Å². The summed E-state index contributed by atoms with van der Waals surface area (Å²) in [5.41, 5.74) is 5.42. The Bertz CT molecular complexity index is 147. The minimum absolute atomic E-state index is 0. The summed E-state index contributed by atoms with van der Waals surface area (Å²) < 4.78 is 0. The SMILES string of the molecule is Cl.NC(=S)CCCN1CCCCC1. The predicted molar refractivity (Wildman–Crippen MR) is 63.6 cm³/mol. The van der Waals surface area contributed by atoms with Crippen LogP contribution >= 0.6 is 24.6 Å². The Kier molecular flexibility index (Phi) is 7.62. The Morgan fingerprint density at radius 1 is 1.23 bits per heavy atom. The Labute approximate surface area is 92.3 Å². The van der Waals surface area contributed by atoms with Gasteiger partial charge in [-0.15, -0.1) is 12.4 Å². The quantitative estimate of drug-likeness (QED) is 0.738. The highest BCUT2D eigenvalue weighted by Crippen LogP contribution is 2.09. The zero-order chi connectivity index (χ0) is 8.81. The van der Waals surface area contributed by atoms with Gasteiger partial charge in [-0.2, -0.15) is 0 Å². The van der Waals surface area contributed by atoms with E-state index < -0.39 is 0 Å². The third-order valence-corrected chi connectivity index (χ3v) is 2.55. The molecule has 2 nitrogen and oxygen atoms in total. The standard InChI is InChI=1S/C9H18N2S.ClH/c10-9(12)5-4-8-11-6-2-1-3-7-11;/h1-8H2,(H2,10,12);1H. The molecule has 1 saturated heterocycles. The number of thiocarbonyl (C=S) groups is 1. The number of rotatable bonds is 4. The third kappa shape index (κ3) is 6.24. The monoisotopic (exact) mass is 222 g/mol. The second kappa shape index (κ2) is 7.54. The van der Waals surface area contributed by atoms with Gasteiger partial charge < -0.3 is 10.6 Å². The normalized spacial score (nSPS) is 17.8. The van der Waals surface area contributed by atoms with Crippen LogP contribution in [0.4, 0.5) is 0 Å². The summed E-state index contributed by atoms with van der Waals surface area (Å²) >= 11 is 4.82. The van der Waals surface area contributed by atoms with E-state index in [4.69, 9.17) is 18.0 Å². The number of hydrogen-bond acceptors (Lipinski definition) is 2. The molecule has 13 heavy (non-hydrogen) atoms. The number of hydrogen-bond donors (Lipinski definition) is 1. The van der Waals surface area contributed by atoms with Gasteiger partial charge in [-0.3, -0.25) is 0 Å². The summed E-state index contributed by atoms with van der Waals surface area (Å²) in [7, 11) is 0. The largest absolute Gasteiger partial charge is 0.393 e. The lowest BCUT2D eigenvalue weighted by Gasteiger charge is -2.26. The van der Waals surface area contributed by atoms with Crippen LogP contribution in [0.3, 0.4) is 0 Å². The van der Waals surface area contributed by atoms with E-state index in [1.165, 1.54) is 38.9 Å². The summed E-state index contributed by atoms with van der Waals surface area (Å²) in [5, 5.41) is 0. The van der Waals surface area contributed by atoms with Gasteiger partial charge in [0.1, 0.15) is 0 Å². The Morgan fingerprint density at radius 2 is 1.85 bits per heavy atom.